The van der Waals surface area contributed by atoms with Crippen LogP contribution in [0.25, 0.3) is 0 Å². The summed E-state index contributed by atoms with van der Waals surface area (Å²) in [4.78, 5) is 0. The van der Waals surface area contributed by atoms with E-state index in [1.54, 1.807) is 14.2 Å². The van der Waals surface area contributed by atoms with Gasteiger partial charge >= 0.3 is 0 Å². The van der Waals surface area contributed by atoms with Crippen molar-refractivity contribution in [3.05, 3.63) is 35.2 Å². The summed E-state index contributed by atoms with van der Waals surface area (Å²) in [7, 11) is 5.23. The van der Waals surface area contributed by atoms with Gasteiger partial charge in [0.25, 0.3) is 0 Å². The zero-order chi connectivity index (χ0) is 14.7. The van der Waals surface area contributed by atoms with E-state index in [0.717, 1.165) is 34.1 Å². The van der Waals surface area contributed by atoms with Gasteiger partial charge in [-0.3, -0.25) is 4.68 Å². The Balaban J connectivity index is 2.15. The van der Waals surface area contributed by atoms with Crippen LogP contribution in [-0.2, 0) is 13.6 Å². The van der Waals surface area contributed by atoms with E-state index in [1.165, 1.54) is 0 Å². The number of ether oxygens (including phenoxy) is 2. The number of nitrogens with one attached hydrogen (secondary N) is 1. The van der Waals surface area contributed by atoms with Crippen LogP contribution in [0.3, 0.4) is 0 Å². The van der Waals surface area contributed by atoms with Gasteiger partial charge in [0.2, 0.25) is 0 Å². The van der Waals surface area contributed by atoms with Gasteiger partial charge < -0.3 is 14.8 Å². The van der Waals surface area contributed by atoms with Crippen LogP contribution in [0, 0.1) is 13.8 Å². The van der Waals surface area contributed by atoms with Gasteiger partial charge in [0.05, 0.1) is 31.3 Å². The molecule has 0 bridgehead atoms. The first kappa shape index (κ1) is 14.2. The van der Waals surface area contributed by atoms with E-state index >= 15 is 0 Å². The molecule has 2 aromatic rings. The van der Waals surface area contributed by atoms with Gasteiger partial charge in [-0.2, -0.15) is 5.10 Å². The Morgan fingerprint density at radius 3 is 2.40 bits per heavy atom. The van der Waals surface area contributed by atoms with Crippen LogP contribution < -0.4 is 14.8 Å². The lowest BCUT2D eigenvalue weighted by atomic mass is 10.2. The minimum atomic E-state index is 0.716. The molecule has 0 saturated carbocycles. The summed E-state index contributed by atoms with van der Waals surface area (Å²) in [6, 6.07) is 5.92. The van der Waals surface area contributed by atoms with Gasteiger partial charge in [-0.05, 0) is 31.5 Å². The summed E-state index contributed by atoms with van der Waals surface area (Å²) in [5.74, 6) is 1.48. The maximum Gasteiger partial charge on any atom is 0.161 e. The highest BCUT2D eigenvalue weighted by molar-refractivity contribution is 5.53. The van der Waals surface area contributed by atoms with Crippen LogP contribution in [0.15, 0.2) is 18.2 Å². The Morgan fingerprint density at radius 2 is 1.85 bits per heavy atom. The van der Waals surface area contributed by atoms with Crippen molar-refractivity contribution < 1.29 is 9.47 Å². The van der Waals surface area contributed by atoms with Gasteiger partial charge in [-0.15, -0.1) is 0 Å². The molecule has 1 aromatic carbocycles. The fourth-order valence-corrected chi connectivity index (χ4v) is 2.21. The molecule has 0 atom stereocenters. The molecule has 5 nitrogen and oxygen atoms in total. The molecule has 0 aliphatic rings. The molecule has 20 heavy (non-hydrogen) atoms. The third-order valence-electron chi connectivity index (χ3n) is 3.43. The number of benzene rings is 1. The molecule has 108 valence electrons. The molecule has 0 fully saturated rings. The number of hydrogen-bond donors (Lipinski definition) is 1. The lowest BCUT2D eigenvalue weighted by Gasteiger charge is -2.11. The fourth-order valence-electron chi connectivity index (χ4n) is 2.21. The first-order chi connectivity index (χ1) is 9.56. The molecule has 1 aromatic heterocycles. The van der Waals surface area contributed by atoms with Crippen LogP contribution >= 0.6 is 0 Å². The highest BCUT2D eigenvalue weighted by Gasteiger charge is 2.09. The van der Waals surface area contributed by atoms with Gasteiger partial charge in [-0.25, -0.2) is 0 Å². The molecular formula is C15H21N3O2. The Bertz CT molecular complexity index is 605. The fraction of sp³-hybridized carbons (Fsp3) is 0.400. The summed E-state index contributed by atoms with van der Waals surface area (Å²) in [6.07, 6.45) is 0. The zero-order valence-electron chi connectivity index (χ0n) is 12.7. The van der Waals surface area contributed by atoms with Crippen molar-refractivity contribution in [3.63, 3.8) is 0 Å². The molecule has 0 spiro atoms. The monoisotopic (exact) mass is 275 g/mol. The first-order valence-electron chi connectivity index (χ1n) is 6.51. The number of aromatic nitrogens is 2. The third kappa shape index (κ3) is 2.71. The molecule has 2 rings (SSSR count). The predicted octanol–water partition coefficient (Wildman–Crippen LogP) is 2.67. The Labute approximate surface area is 119 Å². The van der Waals surface area contributed by atoms with Crippen molar-refractivity contribution in [2.45, 2.75) is 20.4 Å². The predicted molar refractivity (Wildman–Crippen MR) is 79.6 cm³/mol. The van der Waals surface area contributed by atoms with Crippen LogP contribution in [0.5, 0.6) is 11.5 Å². The normalized spacial score (nSPS) is 10.4. The number of nitrogens with zero attached hydrogens (tertiary/aromatic N) is 2. The highest BCUT2D eigenvalue weighted by Crippen LogP contribution is 2.28. The Morgan fingerprint density at radius 1 is 1.15 bits per heavy atom. The van der Waals surface area contributed by atoms with Gasteiger partial charge in [0.15, 0.2) is 11.5 Å². The van der Waals surface area contributed by atoms with E-state index < -0.39 is 0 Å². The molecule has 0 saturated heterocycles. The first-order valence-corrected chi connectivity index (χ1v) is 6.51. The molecule has 5 heteroatoms. The van der Waals surface area contributed by atoms with E-state index in [1.807, 2.05) is 36.9 Å². The average molecular weight is 275 g/mol. The zero-order valence-corrected chi connectivity index (χ0v) is 12.7. The SMILES string of the molecule is COc1ccc(CNc2c(C)nn(C)c2C)cc1OC. The molecule has 1 N–H and O–H groups in total. The summed E-state index contributed by atoms with van der Waals surface area (Å²) in [5.41, 5.74) is 4.35. The van der Waals surface area contributed by atoms with Crippen LogP contribution in [-0.4, -0.2) is 24.0 Å². The van der Waals surface area contributed by atoms with E-state index in [0.29, 0.717) is 6.54 Å². The summed E-state index contributed by atoms with van der Waals surface area (Å²) < 4.78 is 12.4. The second kappa shape index (κ2) is 5.86. The summed E-state index contributed by atoms with van der Waals surface area (Å²) in [5, 5.41) is 7.82. The van der Waals surface area contributed by atoms with Crippen molar-refractivity contribution in [2.75, 3.05) is 19.5 Å². The topological polar surface area (TPSA) is 48.3 Å². The Kier molecular flexibility index (Phi) is 4.17. The molecule has 0 amide bonds. The largest absolute Gasteiger partial charge is 0.493 e. The van der Waals surface area contributed by atoms with Crippen molar-refractivity contribution in [1.29, 1.82) is 0 Å². The quantitative estimate of drug-likeness (QED) is 0.911. The van der Waals surface area contributed by atoms with Gasteiger partial charge in [-0.1, -0.05) is 6.07 Å². The smallest absolute Gasteiger partial charge is 0.161 e. The minimum Gasteiger partial charge on any atom is -0.493 e. The summed E-state index contributed by atoms with van der Waals surface area (Å²) in [6.45, 7) is 4.77. The molecule has 0 radical (unpaired) electrons. The van der Waals surface area contributed by atoms with Crippen LogP contribution in [0.4, 0.5) is 5.69 Å². The van der Waals surface area contributed by atoms with Crippen molar-refractivity contribution in [2.24, 2.45) is 7.05 Å². The highest BCUT2D eigenvalue weighted by atomic mass is 16.5. The number of anilines is 1. The molecule has 0 aliphatic heterocycles. The number of aryl methyl sites for hydroxylation is 2. The maximum atomic E-state index is 5.31. The van der Waals surface area contributed by atoms with E-state index in [-0.39, 0.29) is 0 Å². The van der Waals surface area contributed by atoms with Gasteiger partial charge in [0.1, 0.15) is 0 Å². The average Bonchev–Trinajstić information content (AvgIpc) is 2.70. The van der Waals surface area contributed by atoms with Crippen molar-refractivity contribution in [3.8, 4) is 11.5 Å². The standard InChI is InChI=1S/C15H21N3O2/c1-10-15(11(2)18(3)17-10)16-9-12-6-7-13(19-4)14(8-12)20-5/h6-8,16H,9H2,1-5H3. The second-order valence-corrected chi connectivity index (χ2v) is 4.71. The van der Waals surface area contributed by atoms with Crippen molar-refractivity contribution in [1.82, 2.24) is 9.78 Å². The summed E-state index contributed by atoms with van der Waals surface area (Å²) >= 11 is 0. The second-order valence-electron chi connectivity index (χ2n) is 4.71. The maximum absolute atomic E-state index is 5.31. The molecule has 0 aliphatic carbocycles. The number of hydrogen-bond acceptors (Lipinski definition) is 4. The van der Waals surface area contributed by atoms with Crippen LogP contribution in [0.1, 0.15) is 17.0 Å². The van der Waals surface area contributed by atoms with E-state index in [4.69, 9.17) is 9.47 Å². The number of rotatable bonds is 5. The van der Waals surface area contributed by atoms with Crippen LogP contribution in [0.2, 0.25) is 0 Å². The third-order valence-corrected chi connectivity index (χ3v) is 3.43. The lowest BCUT2D eigenvalue weighted by Crippen LogP contribution is -2.02. The minimum absolute atomic E-state index is 0.716. The van der Waals surface area contributed by atoms with E-state index in [2.05, 4.69) is 17.3 Å². The van der Waals surface area contributed by atoms with Gasteiger partial charge in [0, 0.05) is 13.6 Å². The van der Waals surface area contributed by atoms with E-state index in [9.17, 15) is 0 Å². The molecule has 0 unspecified atom stereocenters. The Hall–Kier alpha value is -2.17. The number of methoxy groups -OCH3 is 2. The molecular weight excluding hydrogens is 254 g/mol. The van der Waals surface area contributed by atoms with Crippen molar-refractivity contribution >= 4 is 5.69 Å². The lowest BCUT2D eigenvalue weighted by molar-refractivity contribution is 0.354. The molecule has 1 heterocycles.